The number of nitrogens with zero attached hydrogens (tertiary/aromatic N) is 2. The molecule has 46 heavy (non-hydrogen) atoms. The molecule has 0 fully saturated rings. The van der Waals surface area contributed by atoms with E-state index >= 15 is 0 Å². The van der Waals surface area contributed by atoms with E-state index in [0.29, 0.717) is 11.1 Å². The topological polar surface area (TPSA) is 26.9 Å². The first-order chi connectivity index (χ1) is 22.7. The highest BCUT2D eigenvalue weighted by molar-refractivity contribution is 6.19. The highest BCUT2D eigenvalue weighted by Gasteiger charge is 2.21. The molecule has 0 unspecified atom stereocenters. The van der Waals surface area contributed by atoms with Gasteiger partial charge in [-0.25, -0.2) is 0 Å². The van der Waals surface area contributed by atoms with Gasteiger partial charge < -0.3 is 9.13 Å². The molecular weight excluding hydrogens is 560 g/mol. The third-order valence-corrected chi connectivity index (χ3v) is 9.06. The molecule has 0 atom stereocenters. The zero-order valence-electron chi connectivity index (χ0n) is 25.0. The van der Waals surface area contributed by atoms with Gasteiger partial charge in [0.1, 0.15) is 0 Å². The summed E-state index contributed by atoms with van der Waals surface area (Å²) in [4.78, 5) is 13.9. The number of aromatic nitrogens is 2. The molecular formula is C43H28N2O. The minimum Gasteiger partial charge on any atom is -0.307 e. The highest BCUT2D eigenvalue weighted by Crippen LogP contribution is 2.41. The molecule has 3 heteroatoms. The summed E-state index contributed by atoms with van der Waals surface area (Å²) in [6, 6.07) is 58.6. The van der Waals surface area contributed by atoms with Crippen LogP contribution in [0, 0.1) is 0 Å². The van der Waals surface area contributed by atoms with E-state index in [1.165, 1.54) is 10.8 Å². The van der Waals surface area contributed by atoms with Crippen molar-refractivity contribution in [3.63, 3.8) is 0 Å². The van der Waals surface area contributed by atoms with Crippen molar-refractivity contribution in [2.75, 3.05) is 0 Å². The fourth-order valence-electron chi connectivity index (χ4n) is 6.96. The van der Waals surface area contributed by atoms with Gasteiger partial charge in [-0.2, -0.15) is 0 Å². The highest BCUT2D eigenvalue weighted by atomic mass is 16.1. The van der Waals surface area contributed by atoms with Crippen molar-refractivity contribution in [1.82, 2.24) is 9.13 Å². The Morgan fingerprint density at radius 1 is 0.413 bits per heavy atom. The predicted octanol–water partition coefficient (Wildman–Crippen LogP) is 10.8. The average Bonchev–Trinajstić information content (AvgIpc) is 3.68. The van der Waals surface area contributed by atoms with Gasteiger partial charge in [-0.05, 0) is 58.8 Å². The van der Waals surface area contributed by atoms with Crippen molar-refractivity contribution in [1.29, 1.82) is 0 Å². The van der Waals surface area contributed by atoms with Crippen LogP contribution in [0.2, 0.25) is 0 Å². The molecule has 0 N–H and O–H groups in total. The van der Waals surface area contributed by atoms with Crippen molar-refractivity contribution >= 4 is 49.3 Å². The average molecular weight is 589 g/mol. The van der Waals surface area contributed by atoms with E-state index in [2.05, 4.69) is 130 Å². The molecule has 0 saturated heterocycles. The summed E-state index contributed by atoms with van der Waals surface area (Å²) < 4.78 is 4.71. The molecule has 0 aliphatic rings. The van der Waals surface area contributed by atoms with Crippen molar-refractivity contribution in [2.24, 2.45) is 0 Å². The van der Waals surface area contributed by atoms with Crippen LogP contribution in [0.5, 0.6) is 0 Å². The number of benzene rings is 7. The summed E-state index contributed by atoms with van der Waals surface area (Å²) in [6.07, 6.45) is 0. The number of ketones is 1. The molecule has 7 aromatic carbocycles. The molecule has 2 aromatic heterocycles. The molecule has 0 aliphatic heterocycles. The lowest BCUT2D eigenvalue weighted by molar-refractivity contribution is 0.103. The van der Waals surface area contributed by atoms with Crippen molar-refractivity contribution in [3.8, 4) is 22.6 Å². The number of carbonyl (C=O) groups excluding carboxylic acids is 1. The number of hydrogen-bond acceptors (Lipinski definition) is 1. The van der Waals surface area contributed by atoms with Crippen LogP contribution in [0.15, 0.2) is 170 Å². The van der Waals surface area contributed by atoms with Gasteiger partial charge in [0.2, 0.25) is 0 Å². The molecule has 2 heterocycles. The van der Waals surface area contributed by atoms with E-state index in [0.717, 1.165) is 55.3 Å². The van der Waals surface area contributed by atoms with Crippen LogP contribution in [-0.2, 0) is 0 Å². The third kappa shape index (κ3) is 4.10. The zero-order valence-corrected chi connectivity index (χ0v) is 25.0. The summed E-state index contributed by atoms with van der Waals surface area (Å²) >= 11 is 0. The Morgan fingerprint density at radius 3 is 1.93 bits per heavy atom. The fraction of sp³-hybridized carbons (Fsp3) is 0. The standard InChI is InChI=1S/C43H28N2O/c46-43(34-23-22-29-12-7-8-15-31(29)26-34)33-16-11-19-36(27-33)45-39-21-10-9-20-37(39)38-25-24-32-28-40(30-13-3-1-4-14-30)44(41(32)42(38)45)35-17-5-2-6-18-35/h1-28H. The van der Waals surface area contributed by atoms with Gasteiger partial charge in [-0.3, -0.25) is 4.79 Å². The van der Waals surface area contributed by atoms with E-state index in [4.69, 9.17) is 0 Å². The summed E-state index contributed by atoms with van der Waals surface area (Å²) in [5.74, 6) is 0.0116. The van der Waals surface area contributed by atoms with Gasteiger partial charge in [0.15, 0.2) is 5.78 Å². The molecule has 0 bridgehead atoms. The van der Waals surface area contributed by atoms with Crippen LogP contribution >= 0.6 is 0 Å². The lowest BCUT2D eigenvalue weighted by Crippen LogP contribution is -2.04. The maximum Gasteiger partial charge on any atom is 0.193 e. The zero-order chi connectivity index (χ0) is 30.6. The second-order valence-corrected chi connectivity index (χ2v) is 11.8. The van der Waals surface area contributed by atoms with Crippen LogP contribution < -0.4 is 0 Å². The number of hydrogen-bond donors (Lipinski definition) is 0. The molecule has 0 saturated carbocycles. The van der Waals surface area contributed by atoms with Crippen molar-refractivity contribution < 1.29 is 4.79 Å². The number of carbonyl (C=O) groups is 1. The Labute approximate surface area is 266 Å². The van der Waals surface area contributed by atoms with E-state index < -0.39 is 0 Å². The van der Waals surface area contributed by atoms with E-state index in [1.54, 1.807) is 0 Å². The normalized spacial score (nSPS) is 11.6. The molecule has 216 valence electrons. The number of rotatable bonds is 5. The minimum atomic E-state index is 0.0116. The van der Waals surface area contributed by atoms with Gasteiger partial charge >= 0.3 is 0 Å². The monoisotopic (exact) mass is 588 g/mol. The number of fused-ring (bicyclic) bond motifs is 6. The van der Waals surface area contributed by atoms with Gasteiger partial charge in [0.05, 0.1) is 22.2 Å². The maximum atomic E-state index is 13.9. The Bertz CT molecular complexity index is 2590. The summed E-state index contributed by atoms with van der Waals surface area (Å²) in [5.41, 5.74) is 9.02. The summed E-state index contributed by atoms with van der Waals surface area (Å²) in [5, 5.41) is 5.68. The Morgan fingerprint density at radius 2 is 1.09 bits per heavy atom. The van der Waals surface area contributed by atoms with Gasteiger partial charge in [-0.1, -0.05) is 127 Å². The molecule has 0 radical (unpaired) electrons. The first kappa shape index (κ1) is 26.2. The van der Waals surface area contributed by atoms with E-state index in [-0.39, 0.29) is 5.78 Å². The predicted molar refractivity (Wildman–Crippen MR) is 190 cm³/mol. The largest absolute Gasteiger partial charge is 0.307 e. The first-order valence-corrected chi connectivity index (χ1v) is 15.6. The molecule has 9 aromatic rings. The second kappa shape index (κ2) is 10.5. The van der Waals surface area contributed by atoms with Gasteiger partial charge in [0.25, 0.3) is 0 Å². The van der Waals surface area contributed by atoms with Crippen LogP contribution in [0.4, 0.5) is 0 Å². The molecule has 3 nitrogen and oxygen atoms in total. The number of para-hydroxylation sites is 2. The van der Waals surface area contributed by atoms with E-state index in [1.807, 2.05) is 48.5 Å². The molecule has 0 spiro atoms. The van der Waals surface area contributed by atoms with Crippen LogP contribution in [0.25, 0.3) is 66.1 Å². The Hall–Kier alpha value is -6.19. The van der Waals surface area contributed by atoms with Crippen molar-refractivity contribution in [3.05, 3.63) is 181 Å². The summed E-state index contributed by atoms with van der Waals surface area (Å²) in [6.45, 7) is 0. The first-order valence-electron chi connectivity index (χ1n) is 15.6. The lowest BCUT2D eigenvalue weighted by Gasteiger charge is -2.15. The lowest BCUT2D eigenvalue weighted by atomic mass is 9.99. The SMILES string of the molecule is O=C(c1cccc(-n2c3ccccc3c3ccc4cc(-c5ccccc5)n(-c5ccccc5)c4c32)c1)c1ccc2ccccc2c1. The van der Waals surface area contributed by atoms with Gasteiger partial charge in [0, 0.05) is 38.7 Å². The maximum absolute atomic E-state index is 13.9. The minimum absolute atomic E-state index is 0.0116. The Kier molecular flexibility index (Phi) is 5.97. The van der Waals surface area contributed by atoms with Crippen LogP contribution in [-0.4, -0.2) is 14.9 Å². The van der Waals surface area contributed by atoms with Crippen molar-refractivity contribution in [2.45, 2.75) is 0 Å². The molecule has 0 amide bonds. The quantitative estimate of drug-likeness (QED) is 0.184. The third-order valence-electron chi connectivity index (χ3n) is 9.06. The van der Waals surface area contributed by atoms with Crippen LogP contribution in [0.3, 0.4) is 0 Å². The van der Waals surface area contributed by atoms with Crippen LogP contribution in [0.1, 0.15) is 15.9 Å². The molecule has 0 aliphatic carbocycles. The fourth-order valence-corrected chi connectivity index (χ4v) is 6.96. The smallest absolute Gasteiger partial charge is 0.193 e. The van der Waals surface area contributed by atoms with Gasteiger partial charge in [-0.15, -0.1) is 0 Å². The Balaban J connectivity index is 1.33. The summed E-state index contributed by atoms with van der Waals surface area (Å²) in [7, 11) is 0. The second-order valence-electron chi connectivity index (χ2n) is 11.8. The van der Waals surface area contributed by atoms with E-state index in [9.17, 15) is 4.79 Å². The molecule has 9 rings (SSSR count).